The number of aromatic nitrogens is 1. The van der Waals surface area contributed by atoms with Crippen molar-refractivity contribution in [2.75, 3.05) is 7.11 Å². The Morgan fingerprint density at radius 1 is 1.17 bits per heavy atom. The van der Waals surface area contributed by atoms with E-state index in [1.54, 1.807) is 7.11 Å². The Kier molecular flexibility index (Phi) is 3.91. The van der Waals surface area contributed by atoms with E-state index < -0.39 is 0 Å². The van der Waals surface area contributed by atoms with Crippen LogP contribution in [0.15, 0.2) is 60.0 Å². The normalized spacial score (nSPS) is 11.3. The molecular weight excluding hydrogens is 228 g/mol. The van der Waals surface area contributed by atoms with Crippen molar-refractivity contribution in [3.05, 3.63) is 60.4 Å². The Bertz CT molecular complexity index is 521. The van der Waals surface area contributed by atoms with E-state index in [0.29, 0.717) is 12.3 Å². The van der Waals surface area contributed by atoms with Gasteiger partial charge in [0.1, 0.15) is 5.75 Å². The average Bonchev–Trinajstić information content (AvgIpc) is 2.46. The molecule has 4 heteroatoms. The predicted octanol–water partition coefficient (Wildman–Crippen LogP) is 1.86. The summed E-state index contributed by atoms with van der Waals surface area (Å²) in [6.07, 6.45) is 3.85. The van der Waals surface area contributed by atoms with Crippen molar-refractivity contribution in [2.45, 2.75) is 6.54 Å². The number of rotatable bonds is 4. The lowest BCUT2D eigenvalue weighted by atomic mass is 10.1. The van der Waals surface area contributed by atoms with E-state index in [2.05, 4.69) is 5.16 Å². The summed E-state index contributed by atoms with van der Waals surface area (Å²) < 4.78 is 7.04. The topological polar surface area (TPSA) is 45.7 Å². The third kappa shape index (κ3) is 2.85. The SMILES string of the molecule is COc1ccc(C(C[n+]2ccccc2)=NO)cc1. The molecule has 0 aliphatic rings. The summed E-state index contributed by atoms with van der Waals surface area (Å²) in [4.78, 5) is 0. The van der Waals surface area contributed by atoms with Crippen molar-refractivity contribution in [3.63, 3.8) is 0 Å². The zero-order valence-corrected chi connectivity index (χ0v) is 10.2. The average molecular weight is 243 g/mol. The molecule has 0 spiro atoms. The van der Waals surface area contributed by atoms with Crippen LogP contribution in [0.2, 0.25) is 0 Å². The maximum absolute atomic E-state index is 9.11. The van der Waals surface area contributed by atoms with Gasteiger partial charge < -0.3 is 9.94 Å². The van der Waals surface area contributed by atoms with E-state index in [9.17, 15) is 0 Å². The predicted molar refractivity (Wildman–Crippen MR) is 68.0 cm³/mol. The second-order valence-electron chi connectivity index (χ2n) is 3.82. The summed E-state index contributed by atoms with van der Waals surface area (Å²) >= 11 is 0. The van der Waals surface area contributed by atoms with Gasteiger partial charge in [0.25, 0.3) is 0 Å². The van der Waals surface area contributed by atoms with Crippen molar-refractivity contribution < 1.29 is 14.5 Å². The van der Waals surface area contributed by atoms with E-state index in [-0.39, 0.29) is 0 Å². The fraction of sp³-hybridized carbons (Fsp3) is 0.143. The van der Waals surface area contributed by atoms with Gasteiger partial charge in [-0.1, -0.05) is 11.2 Å². The number of hydrogen-bond acceptors (Lipinski definition) is 3. The van der Waals surface area contributed by atoms with Crippen LogP contribution in [-0.2, 0) is 6.54 Å². The lowest BCUT2D eigenvalue weighted by Crippen LogP contribution is -2.37. The van der Waals surface area contributed by atoms with Crippen molar-refractivity contribution in [1.29, 1.82) is 0 Å². The molecule has 1 N–H and O–H groups in total. The van der Waals surface area contributed by atoms with Crippen LogP contribution in [0.1, 0.15) is 5.56 Å². The molecule has 1 heterocycles. The van der Waals surface area contributed by atoms with Crippen molar-refractivity contribution in [1.82, 2.24) is 0 Å². The Balaban J connectivity index is 2.18. The third-order valence-electron chi connectivity index (χ3n) is 2.65. The molecule has 4 nitrogen and oxygen atoms in total. The molecule has 0 aliphatic heterocycles. The fourth-order valence-electron chi connectivity index (χ4n) is 1.68. The molecule has 0 saturated heterocycles. The Labute approximate surface area is 106 Å². The highest BCUT2D eigenvalue weighted by Gasteiger charge is 2.10. The third-order valence-corrected chi connectivity index (χ3v) is 2.65. The van der Waals surface area contributed by atoms with Crippen LogP contribution in [0.25, 0.3) is 0 Å². The van der Waals surface area contributed by atoms with Gasteiger partial charge in [-0.05, 0) is 24.3 Å². The number of oxime groups is 1. The van der Waals surface area contributed by atoms with Crippen LogP contribution in [-0.4, -0.2) is 18.0 Å². The minimum absolute atomic E-state index is 0.518. The number of pyridine rings is 1. The molecule has 0 bridgehead atoms. The molecule has 2 rings (SSSR count). The van der Waals surface area contributed by atoms with Gasteiger partial charge in [-0.3, -0.25) is 0 Å². The number of benzene rings is 1. The minimum Gasteiger partial charge on any atom is -0.497 e. The summed E-state index contributed by atoms with van der Waals surface area (Å²) in [6.45, 7) is 0.518. The summed E-state index contributed by atoms with van der Waals surface area (Å²) in [7, 11) is 1.62. The van der Waals surface area contributed by atoms with Gasteiger partial charge in [0.05, 0.1) is 7.11 Å². The summed E-state index contributed by atoms with van der Waals surface area (Å²) in [5.41, 5.74) is 1.48. The Morgan fingerprint density at radius 2 is 1.83 bits per heavy atom. The zero-order valence-electron chi connectivity index (χ0n) is 10.2. The van der Waals surface area contributed by atoms with Crippen LogP contribution < -0.4 is 9.30 Å². The Hall–Kier alpha value is -2.36. The van der Waals surface area contributed by atoms with E-state index in [1.165, 1.54) is 0 Å². The molecular formula is C14H15N2O2+. The van der Waals surface area contributed by atoms with Crippen LogP contribution in [0.4, 0.5) is 0 Å². The van der Waals surface area contributed by atoms with E-state index in [0.717, 1.165) is 11.3 Å². The lowest BCUT2D eigenvalue weighted by molar-refractivity contribution is -0.681. The van der Waals surface area contributed by atoms with Gasteiger partial charge >= 0.3 is 0 Å². The molecule has 0 amide bonds. The summed E-state index contributed by atoms with van der Waals surface area (Å²) in [5.74, 6) is 0.781. The van der Waals surface area contributed by atoms with Crippen LogP contribution in [0, 0.1) is 0 Å². The van der Waals surface area contributed by atoms with E-state index in [1.807, 2.05) is 59.4 Å². The van der Waals surface area contributed by atoms with Crippen LogP contribution in [0.5, 0.6) is 5.75 Å². The molecule has 1 aromatic heterocycles. The molecule has 1 aromatic carbocycles. The number of nitrogens with zero attached hydrogens (tertiary/aromatic N) is 2. The zero-order chi connectivity index (χ0) is 12.8. The smallest absolute Gasteiger partial charge is 0.194 e. The van der Waals surface area contributed by atoms with Gasteiger partial charge in [-0.25, -0.2) is 0 Å². The first-order chi connectivity index (χ1) is 8.83. The van der Waals surface area contributed by atoms with Gasteiger partial charge in [0.2, 0.25) is 0 Å². The number of hydrogen-bond donors (Lipinski definition) is 1. The molecule has 0 aliphatic carbocycles. The highest BCUT2D eigenvalue weighted by molar-refractivity contribution is 5.99. The van der Waals surface area contributed by atoms with Gasteiger partial charge in [0.15, 0.2) is 24.7 Å². The first-order valence-corrected chi connectivity index (χ1v) is 5.63. The van der Waals surface area contributed by atoms with Crippen molar-refractivity contribution in [3.8, 4) is 5.75 Å². The Morgan fingerprint density at radius 3 is 2.39 bits per heavy atom. The van der Waals surface area contributed by atoms with Gasteiger partial charge in [-0.2, -0.15) is 4.57 Å². The first kappa shape index (κ1) is 12.1. The number of ether oxygens (including phenoxy) is 1. The summed E-state index contributed by atoms with van der Waals surface area (Å²) in [6, 6.07) is 13.2. The molecule has 0 atom stereocenters. The molecule has 0 fully saturated rings. The van der Waals surface area contributed by atoms with E-state index >= 15 is 0 Å². The minimum atomic E-state index is 0.518. The second-order valence-corrected chi connectivity index (χ2v) is 3.82. The maximum atomic E-state index is 9.11. The molecule has 0 radical (unpaired) electrons. The van der Waals surface area contributed by atoms with Gasteiger partial charge in [0, 0.05) is 17.7 Å². The largest absolute Gasteiger partial charge is 0.497 e. The maximum Gasteiger partial charge on any atom is 0.194 e. The monoisotopic (exact) mass is 243 g/mol. The first-order valence-electron chi connectivity index (χ1n) is 5.63. The van der Waals surface area contributed by atoms with Gasteiger partial charge in [-0.15, -0.1) is 0 Å². The quantitative estimate of drug-likeness (QED) is 0.385. The van der Waals surface area contributed by atoms with Crippen LogP contribution in [0.3, 0.4) is 0 Å². The summed E-state index contributed by atoms with van der Waals surface area (Å²) in [5, 5.41) is 12.5. The van der Waals surface area contributed by atoms with Crippen LogP contribution >= 0.6 is 0 Å². The highest BCUT2D eigenvalue weighted by Crippen LogP contribution is 2.12. The molecule has 0 unspecified atom stereocenters. The molecule has 18 heavy (non-hydrogen) atoms. The number of methoxy groups -OCH3 is 1. The van der Waals surface area contributed by atoms with Crippen molar-refractivity contribution >= 4 is 5.71 Å². The van der Waals surface area contributed by atoms with Crippen molar-refractivity contribution in [2.24, 2.45) is 5.16 Å². The van der Waals surface area contributed by atoms with E-state index in [4.69, 9.17) is 9.94 Å². The molecule has 92 valence electrons. The lowest BCUT2D eigenvalue weighted by Gasteiger charge is -2.03. The highest BCUT2D eigenvalue weighted by atomic mass is 16.5. The molecule has 2 aromatic rings. The fourth-order valence-corrected chi connectivity index (χ4v) is 1.68. The standard InChI is InChI=1S/C14H14N2O2/c1-18-13-7-5-12(6-8-13)14(15-17)11-16-9-3-2-4-10-16/h2-10H,11H2,1H3/p+1. The second kappa shape index (κ2) is 5.82. The molecule has 0 saturated carbocycles.